The lowest BCUT2D eigenvalue weighted by Crippen LogP contribution is -2.34. The van der Waals surface area contributed by atoms with Gasteiger partial charge in [0.15, 0.2) is 0 Å². The van der Waals surface area contributed by atoms with E-state index in [0.29, 0.717) is 6.20 Å². The number of aliphatic carboxylic acids is 1. The molecule has 1 saturated heterocycles. The summed E-state index contributed by atoms with van der Waals surface area (Å²) in [5, 5.41) is 17.8. The summed E-state index contributed by atoms with van der Waals surface area (Å²) in [6.07, 6.45) is -3.15. The standard InChI is InChI=1S/C13H15FN2O8/c14-6-4-16(13(22)15-12(6)21)9-3-7(8(5-17)23-9)24-11(20)2-1-10(18)19/h4,7-9,17H,1-3,5H2,(H,18,19)(H,15,21,22)/t7-,8+,9+/m0/s1. The summed E-state index contributed by atoms with van der Waals surface area (Å²) in [7, 11) is 0. The summed E-state index contributed by atoms with van der Waals surface area (Å²) in [5.74, 6) is -3.16. The number of halogens is 1. The van der Waals surface area contributed by atoms with Crippen LogP contribution in [-0.4, -0.2) is 50.5 Å². The minimum absolute atomic E-state index is 0.0740. The molecule has 24 heavy (non-hydrogen) atoms. The van der Waals surface area contributed by atoms with Crippen molar-refractivity contribution in [3.05, 3.63) is 32.9 Å². The van der Waals surface area contributed by atoms with E-state index in [2.05, 4.69) is 0 Å². The molecule has 0 spiro atoms. The first kappa shape index (κ1) is 17.8. The lowest BCUT2D eigenvalue weighted by Gasteiger charge is -2.16. The maximum atomic E-state index is 13.3. The Labute approximate surface area is 133 Å². The molecule has 132 valence electrons. The van der Waals surface area contributed by atoms with Crippen LogP contribution in [0.4, 0.5) is 4.39 Å². The minimum Gasteiger partial charge on any atom is -0.481 e. The molecule has 0 radical (unpaired) electrons. The summed E-state index contributed by atoms with van der Waals surface area (Å²) in [6, 6.07) is 0. The minimum atomic E-state index is -1.19. The first-order valence-electron chi connectivity index (χ1n) is 7.00. The second kappa shape index (κ2) is 7.36. The monoisotopic (exact) mass is 346 g/mol. The maximum absolute atomic E-state index is 13.3. The summed E-state index contributed by atoms with van der Waals surface area (Å²) >= 11 is 0. The lowest BCUT2D eigenvalue weighted by atomic mass is 10.2. The van der Waals surface area contributed by atoms with Gasteiger partial charge in [0, 0.05) is 6.42 Å². The Balaban J connectivity index is 2.10. The zero-order chi connectivity index (χ0) is 17.9. The SMILES string of the molecule is O=C(O)CCC(=O)O[C@H]1C[C@H](n2cc(F)c(=O)[nH]c2=O)O[C@@H]1CO. The second-order valence-corrected chi connectivity index (χ2v) is 5.11. The largest absolute Gasteiger partial charge is 0.481 e. The molecule has 3 N–H and O–H groups in total. The number of aliphatic hydroxyl groups is 1. The number of hydrogen-bond acceptors (Lipinski definition) is 7. The van der Waals surface area contributed by atoms with E-state index in [1.807, 2.05) is 0 Å². The molecule has 2 heterocycles. The van der Waals surface area contributed by atoms with Gasteiger partial charge >= 0.3 is 17.6 Å². The number of H-pyrrole nitrogens is 1. The van der Waals surface area contributed by atoms with Crippen LogP contribution in [0.2, 0.25) is 0 Å². The Morgan fingerprint density at radius 3 is 2.75 bits per heavy atom. The molecule has 3 atom stereocenters. The second-order valence-electron chi connectivity index (χ2n) is 5.11. The van der Waals surface area contributed by atoms with Crippen LogP contribution in [0.5, 0.6) is 0 Å². The Hall–Kier alpha value is -2.53. The Morgan fingerprint density at radius 1 is 1.42 bits per heavy atom. The van der Waals surface area contributed by atoms with Crippen molar-refractivity contribution < 1.29 is 33.7 Å². The highest BCUT2D eigenvalue weighted by Gasteiger charge is 2.39. The van der Waals surface area contributed by atoms with E-state index >= 15 is 0 Å². The van der Waals surface area contributed by atoms with Crippen LogP contribution in [-0.2, 0) is 19.1 Å². The molecule has 0 bridgehead atoms. The number of carboxylic acid groups (broad SMARTS) is 1. The van der Waals surface area contributed by atoms with Crippen molar-refractivity contribution in [2.45, 2.75) is 37.7 Å². The normalized spacial score (nSPS) is 23.2. The molecule has 0 amide bonds. The quantitative estimate of drug-likeness (QED) is 0.540. The van der Waals surface area contributed by atoms with E-state index < -0.39 is 60.5 Å². The number of hydrogen-bond donors (Lipinski definition) is 3. The topological polar surface area (TPSA) is 148 Å². The van der Waals surface area contributed by atoms with Gasteiger partial charge in [0.2, 0.25) is 5.82 Å². The van der Waals surface area contributed by atoms with E-state index in [0.717, 1.165) is 4.57 Å². The number of nitrogens with one attached hydrogen (secondary N) is 1. The number of carbonyl (C=O) groups excluding carboxylic acids is 1. The van der Waals surface area contributed by atoms with Gasteiger partial charge in [0.25, 0.3) is 5.56 Å². The number of ether oxygens (including phenoxy) is 2. The number of nitrogens with zero attached hydrogens (tertiary/aromatic N) is 1. The number of aliphatic hydroxyl groups excluding tert-OH is 1. The number of esters is 1. The van der Waals surface area contributed by atoms with Crippen LogP contribution in [0, 0.1) is 5.82 Å². The highest BCUT2D eigenvalue weighted by Crippen LogP contribution is 2.30. The Bertz CT molecular complexity index is 742. The summed E-state index contributed by atoms with van der Waals surface area (Å²) in [4.78, 5) is 46.5. The van der Waals surface area contributed by atoms with Gasteiger partial charge in [-0.1, -0.05) is 0 Å². The third kappa shape index (κ3) is 4.06. The summed E-state index contributed by atoms with van der Waals surface area (Å²) in [5.41, 5.74) is -2.09. The zero-order valence-corrected chi connectivity index (χ0v) is 12.3. The molecule has 1 aliphatic rings. The molecule has 0 aromatic carbocycles. The van der Waals surface area contributed by atoms with Crippen molar-refractivity contribution in [3.63, 3.8) is 0 Å². The van der Waals surface area contributed by atoms with Gasteiger partial charge in [-0.05, 0) is 0 Å². The molecular formula is C13H15FN2O8. The van der Waals surface area contributed by atoms with Gasteiger partial charge in [-0.25, -0.2) is 4.79 Å². The van der Waals surface area contributed by atoms with Crippen molar-refractivity contribution >= 4 is 11.9 Å². The Kier molecular flexibility index (Phi) is 5.46. The highest BCUT2D eigenvalue weighted by atomic mass is 19.1. The average Bonchev–Trinajstić information content (AvgIpc) is 2.91. The van der Waals surface area contributed by atoms with E-state index in [1.54, 1.807) is 4.98 Å². The number of carboxylic acids is 1. The molecule has 0 unspecified atom stereocenters. The summed E-state index contributed by atoms with van der Waals surface area (Å²) in [6.45, 7) is -0.534. The average molecular weight is 346 g/mol. The number of aromatic nitrogens is 2. The molecule has 1 fully saturated rings. The molecule has 0 saturated carbocycles. The van der Waals surface area contributed by atoms with Crippen molar-refractivity contribution in [2.75, 3.05) is 6.61 Å². The molecular weight excluding hydrogens is 331 g/mol. The van der Waals surface area contributed by atoms with Gasteiger partial charge in [0.1, 0.15) is 18.4 Å². The van der Waals surface area contributed by atoms with E-state index in [-0.39, 0.29) is 12.8 Å². The maximum Gasteiger partial charge on any atom is 0.330 e. The van der Waals surface area contributed by atoms with Crippen LogP contribution in [0.1, 0.15) is 25.5 Å². The van der Waals surface area contributed by atoms with Gasteiger partial charge < -0.3 is 19.7 Å². The molecule has 10 nitrogen and oxygen atoms in total. The van der Waals surface area contributed by atoms with Crippen molar-refractivity contribution in [2.24, 2.45) is 0 Å². The number of aromatic amines is 1. The molecule has 1 aliphatic heterocycles. The van der Waals surface area contributed by atoms with E-state index in [4.69, 9.17) is 14.6 Å². The third-order valence-electron chi connectivity index (χ3n) is 3.42. The first-order valence-corrected chi connectivity index (χ1v) is 7.00. The van der Waals surface area contributed by atoms with Crippen molar-refractivity contribution in [1.29, 1.82) is 0 Å². The van der Waals surface area contributed by atoms with Gasteiger partial charge in [-0.15, -0.1) is 0 Å². The predicted molar refractivity (Wildman–Crippen MR) is 73.6 cm³/mol. The van der Waals surface area contributed by atoms with Crippen LogP contribution < -0.4 is 11.2 Å². The van der Waals surface area contributed by atoms with Crippen LogP contribution in [0.25, 0.3) is 0 Å². The molecule has 0 aliphatic carbocycles. The van der Waals surface area contributed by atoms with E-state index in [1.165, 1.54) is 0 Å². The molecule has 2 rings (SSSR count). The van der Waals surface area contributed by atoms with Gasteiger partial charge in [-0.3, -0.25) is 23.9 Å². The zero-order valence-electron chi connectivity index (χ0n) is 12.3. The number of carbonyl (C=O) groups is 2. The summed E-state index contributed by atoms with van der Waals surface area (Å²) < 4.78 is 24.5. The molecule has 11 heteroatoms. The first-order chi connectivity index (χ1) is 11.3. The van der Waals surface area contributed by atoms with E-state index in [9.17, 15) is 28.7 Å². The fourth-order valence-electron chi connectivity index (χ4n) is 2.27. The fourth-order valence-corrected chi connectivity index (χ4v) is 2.27. The smallest absolute Gasteiger partial charge is 0.330 e. The number of rotatable bonds is 6. The fraction of sp³-hybridized carbons (Fsp3) is 0.538. The predicted octanol–water partition coefficient (Wildman–Crippen LogP) is -1.27. The van der Waals surface area contributed by atoms with Crippen LogP contribution >= 0.6 is 0 Å². The molecule has 1 aromatic rings. The van der Waals surface area contributed by atoms with Gasteiger partial charge in [0.05, 0.1) is 25.6 Å². The van der Waals surface area contributed by atoms with Crippen LogP contribution in [0.15, 0.2) is 15.8 Å². The lowest BCUT2D eigenvalue weighted by molar-refractivity contribution is -0.155. The van der Waals surface area contributed by atoms with Crippen molar-refractivity contribution in [3.8, 4) is 0 Å². The highest BCUT2D eigenvalue weighted by molar-refractivity contribution is 5.76. The third-order valence-corrected chi connectivity index (χ3v) is 3.42. The van der Waals surface area contributed by atoms with Crippen molar-refractivity contribution in [1.82, 2.24) is 9.55 Å². The van der Waals surface area contributed by atoms with Crippen LogP contribution in [0.3, 0.4) is 0 Å². The van der Waals surface area contributed by atoms with Gasteiger partial charge in [-0.2, -0.15) is 4.39 Å². The Morgan fingerprint density at radius 2 is 2.12 bits per heavy atom. The molecule has 1 aromatic heterocycles.